The molecule has 1 saturated carbocycles. The summed E-state index contributed by atoms with van der Waals surface area (Å²) in [6.07, 6.45) is 6.57. The van der Waals surface area contributed by atoms with Gasteiger partial charge in [0.25, 0.3) is 0 Å². The summed E-state index contributed by atoms with van der Waals surface area (Å²) in [5, 5.41) is 3.63. The van der Waals surface area contributed by atoms with E-state index in [0.29, 0.717) is 6.04 Å². The highest BCUT2D eigenvalue weighted by molar-refractivity contribution is 7.12. The summed E-state index contributed by atoms with van der Waals surface area (Å²) < 4.78 is 0. The summed E-state index contributed by atoms with van der Waals surface area (Å²) in [4.78, 5) is 5.68. The van der Waals surface area contributed by atoms with Gasteiger partial charge in [0.1, 0.15) is 0 Å². The molecule has 0 spiro atoms. The normalized spacial score (nSPS) is 16.6. The number of nitrogens with zero attached hydrogens (tertiary/aromatic N) is 1. The predicted octanol–water partition coefficient (Wildman–Crippen LogP) is 4.71. The first kappa shape index (κ1) is 17.0. The Bertz CT molecular complexity index is 423. The van der Waals surface area contributed by atoms with Crippen molar-refractivity contribution in [1.82, 2.24) is 10.2 Å². The zero-order valence-corrected chi connectivity index (χ0v) is 15.1. The van der Waals surface area contributed by atoms with E-state index in [1.807, 2.05) is 11.3 Å². The fourth-order valence-corrected chi connectivity index (χ4v) is 3.66. The van der Waals surface area contributed by atoms with Crippen LogP contribution in [0.1, 0.15) is 68.2 Å². The van der Waals surface area contributed by atoms with Gasteiger partial charge in [0.05, 0.1) is 0 Å². The summed E-state index contributed by atoms with van der Waals surface area (Å²) in [6.45, 7) is 12.7. The fourth-order valence-electron chi connectivity index (χ4n) is 2.66. The molecule has 0 saturated heterocycles. The minimum Gasteiger partial charge on any atom is -0.309 e. The monoisotopic (exact) mass is 308 g/mol. The maximum Gasteiger partial charge on any atom is 0.0302 e. The largest absolute Gasteiger partial charge is 0.309 e. The van der Waals surface area contributed by atoms with Gasteiger partial charge in [0.2, 0.25) is 0 Å². The molecule has 120 valence electrons. The maximum atomic E-state index is 3.63. The van der Waals surface area contributed by atoms with Crippen molar-refractivity contribution in [3.05, 3.63) is 21.4 Å². The molecule has 1 fully saturated rings. The van der Waals surface area contributed by atoms with Crippen molar-refractivity contribution in [2.24, 2.45) is 0 Å². The number of thiophene rings is 1. The molecule has 0 aromatic carbocycles. The van der Waals surface area contributed by atoms with Crippen molar-refractivity contribution in [2.75, 3.05) is 6.54 Å². The molecule has 1 heterocycles. The molecule has 2 nitrogen and oxygen atoms in total. The van der Waals surface area contributed by atoms with Gasteiger partial charge < -0.3 is 5.32 Å². The second kappa shape index (κ2) is 8.30. The lowest BCUT2D eigenvalue weighted by molar-refractivity contribution is 0.192. The summed E-state index contributed by atoms with van der Waals surface area (Å²) in [5.41, 5.74) is 1.55. The smallest absolute Gasteiger partial charge is 0.0302 e. The van der Waals surface area contributed by atoms with E-state index in [4.69, 9.17) is 0 Å². The second-order valence-corrected chi connectivity index (χ2v) is 7.87. The zero-order chi connectivity index (χ0) is 15.2. The Kier molecular flexibility index (Phi) is 6.72. The third-order valence-corrected chi connectivity index (χ3v) is 5.69. The third kappa shape index (κ3) is 5.39. The summed E-state index contributed by atoms with van der Waals surface area (Å²) >= 11 is 1.98. The zero-order valence-electron chi connectivity index (χ0n) is 14.2. The highest BCUT2D eigenvalue weighted by Crippen LogP contribution is 2.26. The molecule has 1 aliphatic rings. The molecular weight excluding hydrogens is 276 g/mol. The van der Waals surface area contributed by atoms with Crippen LogP contribution >= 0.6 is 11.3 Å². The molecule has 1 aromatic heterocycles. The average molecular weight is 309 g/mol. The van der Waals surface area contributed by atoms with Gasteiger partial charge in [-0.15, -0.1) is 11.3 Å². The Morgan fingerprint density at radius 3 is 2.76 bits per heavy atom. The van der Waals surface area contributed by atoms with E-state index in [1.165, 1.54) is 48.4 Å². The SMILES string of the molecule is CCCCN(Cc1cc(CNC2CC2)sc1C)C(C)CC. The number of rotatable bonds is 10. The molecule has 1 unspecified atom stereocenters. The molecule has 1 N–H and O–H groups in total. The topological polar surface area (TPSA) is 15.3 Å². The van der Waals surface area contributed by atoms with Gasteiger partial charge in [0.15, 0.2) is 0 Å². The van der Waals surface area contributed by atoms with Gasteiger partial charge in [-0.25, -0.2) is 0 Å². The van der Waals surface area contributed by atoms with Crippen LogP contribution in [-0.2, 0) is 13.1 Å². The highest BCUT2D eigenvalue weighted by Gasteiger charge is 2.21. The minimum absolute atomic E-state index is 0.684. The molecule has 21 heavy (non-hydrogen) atoms. The van der Waals surface area contributed by atoms with E-state index in [2.05, 4.69) is 44.0 Å². The number of nitrogens with one attached hydrogen (secondary N) is 1. The van der Waals surface area contributed by atoms with Crippen LogP contribution in [0, 0.1) is 6.92 Å². The van der Waals surface area contributed by atoms with Crippen molar-refractivity contribution < 1.29 is 0 Å². The lowest BCUT2D eigenvalue weighted by Gasteiger charge is -2.28. The van der Waals surface area contributed by atoms with Gasteiger partial charge in [-0.3, -0.25) is 4.90 Å². The molecule has 3 heteroatoms. The second-order valence-electron chi connectivity index (χ2n) is 6.53. The van der Waals surface area contributed by atoms with Crippen molar-refractivity contribution >= 4 is 11.3 Å². The van der Waals surface area contributed by atoms with Crippen LogP contribution in [-0.4, -0.2) is 23.5 Å². The minimum atomic E-state index is 0.684. The lowest BCUT2D eigenvalue weighted by atomic mass is 10.1. The van der Waals surface area contributed by atoms with E-state index in [9.17, 15) is 0 Å². The fraction of sp³-hybridized carbons (Fsp3) is 0.778. The van der Waals surface area contributed by atoms with E-state index >= 15 is 0 Å². The molecule has 0 bridgehead atoms. The number of hydrogen-bond donors (Lipinski definition) is 1. The first-order chi connectivity index (χ1) is 10.1. The molecule has 1 atom stereocenters. The molecule has 0 radical (unpaired) electrons. The van der Waals surface area contributed by atoms with E-state index < -0.39 is 0 Å². The van der Waals surface area contributed by atoms with Crippen LogP contribution in [0.2, 0.25) is 0 Å². The average Bonchev–Trinajstić information content (AvgIpc) is 3.25. The standard InChI is InChI=1S/C18H32N2S/c1-5-7-10-20(14(3)6-2)13-16-11-18(21-15(16)4)12-19-17-8-9-17/h11,14,17,19H,5-10,12-13H2,1-4H3. The highest BCUT2D eigenvalue weighted by atomic mass is 32.1. The molecule has 0 amide bonds. The molecule has 0 aliphatic heterocycles. The predicted molar refractivity (Wildman–Crippen MR) is 94.0 cm³/mol. The lowest BCUT2D eigenvalue weighted by Crippen LogP contribution is -2.33. The molecule has 1 aromatic rings. The summed E-state index contributed by atoms with van der Waals surface area (Å²) in [5.74, 6) is 0. The van der Waals surface area contributed by atoms with Crippen LogP contribution in [0.25, 0.3) is 0 Å². The van der Waals surface area contributed by atoms with Crippen LogP contribution in [0.5, 0.6) is 0 Å². The van der Waals surface area contributed by atoms with Gasteiger partial charge >= 0.3 is 0 Å². The Morgan fingerprint density at radius 2 is 2.14 bits per heavy atom. The Morgan fingerprint density at radius 1 is 1.38 bits per heavy atom. The van der Waals surface area contributed by atoms with Crippen molar-refractivity contribution in [1.29, 1.82) is 0 Å². The summed E-state index contributed by atoms with van der Waals surface area (Å²) in [7, 11) is 0. The Hall–Kier alpha value is -0.380. The Balaban J connectivity index is 1.94. The van der Waals surface area contributed by atoms with E-state index in [-0.39, 0.29) is 0 Å². The molecule has 2 rings (SSSR count). The summed E-state index contributed by atoms with van der Waals surface area (Å²) in [6, 6.07) is 3.93. The third-order valence-electron chi connectivity index (χ3n) is 4.60. The van der Waals surface area contributed by atoms with Crippen molar-refractivity contribution in [2.45, 2.75) is 85.0 Å². The quantitative estimate of drug-likeness (QED) is 0.673. The van der Waals surface area contributed by atoms with Crippen molar-refractivity contribution in [3.63, 3.8) is 0 Å². The molecular formula is C18H32N2S. The number of aryl methyl sites for hydroxylation is 1. The Labute approximate surface area is 134 Å². The van der Waals surface area contributed by atoms with E-state index in [0.717, 1.165) is 19.1 Å². The first-order valence-corrected chi connectivity index (χ1v) is 9.51. The first-order valence-electron chi connectivity index (χ1n) is 8.69. The molecule has 1 aliphatic carbocycles. The maximum absolute atomic E-state index is 3.63. The van der Waals surface area contributed by atoms with Crippen molar-refractivity contribution in [3.8, 4) is 0 Å². The van der Waals surface area contributed by atoms with Crippen LogP contribution < -0.4 is 5.32 Å². The van der Waals surface area contributed by atoms with Gasteiger partial charge in [-0.2, -0.15) is 0 Å². The van der Waals surface area contributed by atoms with Crippen LogP contribution in [0.4, 0.5) is 0 Å². The van der Waals surface area contributed by atoms with Crippen LogP contribution in [0.3, 0.4) is 0 Å². The van der Waals surface area contributed by atoms with Gasteiger partial charge in [-0.1, -0.05) is 20.3 Å². The van der Waals surface area contributed by atoms with E-state index in [1.54, 1.807) is 5.56 Å². The van der Waals surface area contributed by atoms with Crippen LogP contribution in [0.15, 0.2) is 6.07 Å². The van der Waals surface area contributed by atoms with Gasteiger partial charge in [-0.05, 0) is 57.7 Å². The van der Waals surface area contributed by atoms with Gasteiger partial charge in [0, 0.05) is 34.9 Å². The number of hydrogen-bond acceptors (Lipinski definition) is 3. The number of unbranched alkanes of at least 4 members (excludes halogenated alkanes) is 1.